The average molecular weight is 201 g/mol. The average Bonchev–Trinajstić information content (AvgIpc) is 1.94. The molecule has 1 aromatic rings. The molecule has 6 heteroatoms. The number of sulfone groups is 1. The third kappa shape index (κ3) is 1.95. The molecule has 0 aliphatic rings. The number of rotatable bonds is 1. The van der Waals surface area contributed by atoms with Gasteiger partial charge in [-0.1, -0.05) is 0 Å². The first kappa shape index (κ1) is 9.91. The third-order valence-corrected chi connectivity index (χ3v) is 2.65. The van der Waals surface area contributed by atoms with Crippen molar-refractivity contribution in [2.24, 2.45) is 0 Å². The standard InChI is InChI=1S/C7H11N3O2S/c1-4-5(2)10-7(6(8)9-4)13(3,11)12/h1-3H3,(H2,8,9). The Morgan fingerprint density at radius 3 is 2.08 bits per heavy atom. The van der Waals surface area contributed by atoms with Gasteiger partial charge in [0.1, 0.15) is 0 Å². The van der Waals surface area contributed by atoms with E-state index in [4.69, 9.17) is 5.73 Å². The van der Waals surface area contributed by atoms with Crippen LogP contribution in [0.2, 0.25) is 0 Å². The second-order valence-corrected chi connectivity index (χ2v) is 4.79. The quantitative estimate of drug-likeness (QED) is 0.695. The van der Waals surface area contributed by atoms with Crippen LogP contribution in [0.3, 0.4) is 0 Å². The number of aromatic nitrogens is 2. The lowest BCUT2D eigenvalue weighted by Gasteiger charge is -2.04. The maximum Gasteiger partial charge on any atom is 0.197 e. The first-order valence-electron chi connectivity index (χ1n) is 3.63. The Morgan fingerprint density at radius 2 is 1.62 bits per heavy atom. The van der Waals surface area contributed by atoms with Crippen molar-refractivity contribution in [3.63, 3.8) is 0 Å². The minimum Gasteiger partial charge on any atom is -0.381 e. The summed E-state index contributed by atoms with van der Waals surface area (Å²) in [6.07, 6.45) is 1.06. The molecule has 1 aromatic heterocycles. The molecule has 2 N–H and O–H groups in total. The lowest BCUT2D eigenvalue weighted by molar-refractivity contribution is 0.597. The van der Waals surface area contributed by atoms with E-state index in [-0.39, 0.29) is 10.8 Å². The third-order valence-electron chi connectivity index (χ3n) is 1.65. The highest BCUT2D eigenvalue weighted by Crippen LogP contribution is 2.14. The minimum atomic E-state index is -3.37. The highest BCUT2D eigenvalue weighted by atomic mass is 32.2. The zero-order valence-electron chi connectivity index (χ0n) is 7.70. The molecular weight excluding hydrogens is 190 g/mol. The predicted octanol–water partition coefficient (Wildman–Crippen LogP) is 0.0791. The number of hydrogen-bond donors (Lipinski definition) is 1. The van der Waals surface area contributed by atoms with Crippen molar-refractivity contribution in [1.29, 1.82) is 0 Å². The number of anilines is 1. The molecule has 0 bridgehead atoms. The van der Waals surface area contributed by atoms with Gasteiger partial charge in [0.25, 0.3) is 0 Å². The topological polar surface area (TPSA) is 85.9 Å². The maximum absolute atomic E-state index is 11.1. The smallest absolute Gasteiger partial charge is 0.197 e. The molecule has 1 heterocycles. The van der Waals surface area contributed by atoms with Crippen molar-refractivity contribution in [1.82, 2.24) is 9.97 Å². The Bertz CT molecular complexity index is 439. The number of hydrogen-bond acceptors (Lipinski definition) is 5. The van der Waals surface area contributed by atoms with Gasteiger partial charge in [-0.15, -0.1) is 0 Å². The molecular formula is C7H11N3O2S. The van der Waals surface area contributed by atoms with E-state index in [0.29, 0.717) is 11.4 Å². The highest BCUT2D eigenvalue weighted by molar-refractivity contribution is 7.90. The van der Waals surface area contributed by atoms with Crippen LogP contribution in [0, 0.1) is 13.8 Å². The van der Waals surface area contributed by atoms with Gasteiger partial charge in [-0.2, -0.15) is 0 Å². The maximum atomic E-state index is 11.1. The second kappa shape index (κ2) is 2.95. The van der Waals surface area contributed by atoms with Crippen molar-refractivity contribution in [3.8, 4) is 0 Å². The first-order valence-corrected chi connectivity index (χ1v) is 5.52. The fourth-order valence-electron chi connectivity index (χ4n) is 0.873. The van der Waals surface area contributed by atoms with Gasteiger partial charge in [-0.05, 0) is 13.8 Å². The van der Waals surface area contributed by atoms with Crippen LogP contribution in [0.15, 0.2) is 5.03 Å². The Hall–Kier alpha value is -1.17. The number of nitrogen functional groups attached to an aromatic ring is 1. The van der Waals surface area contributed by atoms with E-state index in [1.165, 1.54) is 0 Å². The van der Waals surface area contributed by atoms with Crippen molar-refractivity contribution in [2.75, 3.05) is 12.0 Å². The monoisotopic (exact) mass is 201 g/mol. The van der Waals surface area contributed by atoms with Gasteiger partial charge >= 0.3 is 0 Å². The van der Waals surface area contributed by atoms with E-state index in [1.54, 1.807) is 13.8 Å². The van der Waals surface area contributed by atoms with E-state index in [0.717, 1.165) is 6.26 Å². The Balaban J connectivity index is 3.50. The summed E-state index contributed by atoms with van der Waals surface area (Å²) in [7, 11) is -3.37. The van der Waals surface area contributed by atoms with E-state index in [2.05, 4.69) is 9.97 Å². The summed E-state index contributed by atoms with van der Waals surface area (Å²) < 4.78 is 22.3. The van der Waals surface area contributed by atoms with E-state index in [9.17, 15) is 8.42 Å². The molecule has 0 unspecified atom stereocenters. The summed E-state index contributed by atoms with van der Waals surface area (Å²) >= 11 is 0. The van der Waals surface area contributed by atoms with Gasteiger partial charge in [0, 0.05) is 6.26 Å². The second-order valence-electron chi connectivity index (χ2n) is 2.86. The Kier molecular flexibility index (Phi) is 2.25. The van der Waals surface area contributed by atoms with Crippen molar-refractivity contribution in [2.45, 2.75) is 18.9 Å². The van der Waals surface area contributed by atoms with Crippen LogP contribution < -0.4 is 5.73 Å². The van der Waals surface area contributed by atoms with Crippen LogP contribution in [0.4, 0.5) is 5.82 Å². The molecule has 0 aliphatic heterocycles. The largest absolute Gasteiger partial charge is 0.381 e. The molecule has 0 saturated carbocycles. The molecule has 0 atom stereocenters. The van der Waals surface area contributed by atoms with E-state index >= 15 is 0 Å². The minimum absolute atomic E-state index is 0.0365. The summed E-state index contributed by atoms with van der Waals surface area (Å²) in [5, 5.41) is -0.143. The van der Waals surface area contributed by atoms with Gasteiger partial charge in [0.15, 0.2) is 20.7 Å². The van der Waals surface area contributed by atoms with E-state index < -0.39 is 9.84 Å². The zero-order valence-corrected chi connectivity index (χ0v) is 8.51. The van der Waals surface area contributed by atoms with Crippen LogP contribution in [0.1, 0.15) is 11.4 Å². The summed E-state index contributed by atoms with van der Waals surface area (Å²) in [6, 6.07) is 0. The summed E-state index contributed by atoms with van der Waals surface area (Å²) in [5.41, 5.74) is 6.65. The number of aryl methyl sites for hydroxylation is 2. The number of nitrogens with zero attached hydrogens (tertiary/aromatic N) is 2. The molecule has 0 radical (unpaired) electrons. The molecule has 0 amide bonds. The van der Waals surface area contributed by atoms with Crippen LogP contribution in [0.5, 0.6) is 0 Å². The zero-order chi connectivity index (χ0) is 10.2. The Labute approximate surface area is 76.9 Å². The SMILES string of the molecule is Cc1nc(N)c(S(C)(=O)=O)nc1C. The predicted molar refractivity (Wildman–Crippen MR) is 49.0 cm³/mol. The molecule has 72 valence electrons. The summed E-state index contributed by atoms with van der Waals surface area (Å²) in [6.45, 7) is 3.42. The molecule has 5 nitrogen and oxygen atoms in total. The van der Waals surface area contributed by atoms with Gasteiger partial charge in [-0.3, -0.25) is 0 Å². The highest BCUT2D eigenvalue weighted by Gasteiger charge is 2.15. The molecule has 0 fully saturated rings. The first-order chi connectivity index (χ1) is 5.82. The fourth-order valence-corrected chi connectivity index (χ4v) is 1.60. The molecule has 1 rings (SSSR count). The lowest BCUT2D eigenvalue weighted by atomic mass is 10.3. The van der Waals surface area contributed by atoms with Gasteiger partial charge < -0.3 is 5.73 Å². The molecule has 0 saturated heterocycles. The van der Waals surface area contributed by atoms with Crippen LogP contribution in [0.25, 0.3) is 0 Å². The lowest BCUT2D eigenvalue weighted by Crippen LogP contribution is -2.09. The van der Waals surface area contributed by atoms with Crippen molar-refractivity contribution < 1.29 is 8.42 Å². The Morgan fingerprint density at radius 1 is 1.15 bits per heavy atom. The van der Waals surface area contributed by atoms with E-state index in [1.807, 2.05) is 0 Å². The van der Waals surface area contributed by atoms with Gasteiger partial charge in [0.05, 0.1) is 11.4 Å². The number of nitrogens with two attached hydrogens (primary N) is 1. The molecule has 13 heavy (non-hydrogen) atoms. The molecule has 0 spiro atoms. The van der Waals surface area contributed by atoms with Crippen molar-refractivity contribution >= 4 is 15.7 Å². The normalized spacial score (nSPS) is 11.6. The summed E-state index contributed by atoms with van der Waals surface area (Å²) in [5.74, 6) is -0.0365. The fraction of sp³-hybridized carbons (Fsp3) is 0.429. The van der Waals surface area contributed by atoms with Crippen LogP contribution >= 0.6 is 0 Å². The van der Waals surface area contributed by atoms with Gasteiger partial charge in [0.2, 0.25) is 0 Å². The van der Waals surface area contributed by atoms with Crippen molar-refractivity contribution in [3.05, 3.63) is 11.4 Å². The van der Waals surface area contributed by atoms with Crippen LogP contribution in [-0.2, 0) is 9.84 Å². The summed E-state index contributed by atoms with van der Waals surface area (Å²) in [4.78, 5) is 7.74. The molecule has 0 aromatic carbocycles. The van der Waals surface area contributed by atoms with Gasteiger partial charge in [-0.25, -0.2) is 18.4 Å². The molecule has 0 aliphatic carbocycles. The van der Waals surface area contributed by atoms with Crippen LogP contribution in [-0.4, -0.2) is 24.6 Å².